The van der Waals surface area contributed by atoms with Crippen molar-refractivity contribution >= 4 is 43.6 Å². The number of hydrogen-bond donors (Lipinski definition) is 0. The summed E-state index contributed by atoms with van der Waals surface area (Å²) in [5, 5.41) is 5.04. The van der Waals surface area contributed by atoms with Gasteiger partial charge >= 0.3 is 0 Å². The molecule has 0 aliphatic heterocycles. The summed E-state index contributed by atoms with van der Waals surface area (Å²) >= 11 is 0. The van der Waals surface area contributed by atoms with Gasteiger partial charge in [-0.2, -0.15) is 0 Å². The van der Waals surface area contributed by atoms with Crippen molar-refractivity contribution in [2.24, 2.45) is 5.92 Å². The van der Waals surface area contributed by atoms with Crippen LogP contribution in [0.5, 0.6) is 0 Å². The SMILES string of the molecule is CCC(C)CCCCc1ccc(-c2ccc(-c3ccccc3-n3c4ccccc4c4cc(-c5ccc6c(c5)c5ccccc5n6-c5ccccc5)ccc43)cc2)cc1. The van der Waals surface area contributed by atoms with Crippen molar-refractivity contribution in [3.8, 4) is 44.8 Å². The van der Waals surface area contributed by atoms with E-state index in [4.69, 9.17) is 0 Å². The minimum atomic E-state index is 0.835. The third kappa shape index (κ3) is 6.49. The first kappa shape index (κ1) is 35.8. The number of aromatic nitrogens is 2. The van der Waals surface area contributed by atoms with Gasteiger partial charge in [-0.05, 0) is 107 Å². The molecule has 0 aliphatic carbocycles. The molecule has 2 heteroatoms. The highest BCUT2D eigenvalue weighted by Crippen LogP contribution is 2.40. The number of unbranched alkanes of at least 4 members (excludes halogenated alkanes) is 1. The minimum absolute atomic E-state index is 0.835. The molecule has 0 saturated heterocycles. The molecule has 58 heavy (non-hydrogen) atoms. The number of hydrogen-bond acceptors (Lipinski definition) is 0. The number of benzene rings is 8. The van der Waals surface area contributed by atoms with E-state index in [2.05, 4.69) is 211 Å². The molecular formula is C56H48N2. The largest absolute Gasteiger partial charge is 0.309 e. The molecule has 0 spiro atoms. The normalized spacial score (nSPS) is 12.2. The third-order valence-electron chi connectivity index (χ3n) is 12.4. The van der Waals surface area contributed by atoms with Gasteiger partial charge in [0, 0.05) is 32.8 Å². The molecule has 10 aromatic rings. The lowest BCUT2D eigenvalue weighted by molar-refractivity contribution is 0.484. The van der Waals surface area contributed by atoms with Crippen LogP contribution in [0.4, 0.5) is 0 Å². The zero-order valence-electron chi connectivity index (χ0n) is 33.4. The molecule has 2 aromatic heterocycles. The zero-order valence-corrected chi connectivity index (χ0v) is 33.4. The third-order valence-corrected chi connectivity index (χ3v) is 12.4. The van der Waals surface area contributed by atoms with Gasteiger partial charge in [0.2, 0.25) is 0 Å². The highest BCUT2D eigenvalue weighted by Gasteiger charge is 2.18. The van der Waals surface area contributed by atoms with Crippen LogP contribution in [0.25, 0.3) is 88.4 Å². The second kappa shape index (κ2) is 15.4. The quantitative estimate of drug-likeness (QED) is 0.117. The lowest BCUT2D eigenvalue weighted by Gasteiger charge is -2.15. The van der Waals surface area contributed by atoms with E-state index in [-0.39, 0.29) is 0 Å². The van der Waals surface area contributed by atoms with E-state index in [1.165, 1.54) is 120 Å². The van der Waals surface area contributed by atoms with Crippen molar-refractivity contribution in [3.05, 3.63) is 194 Å². The Hall–Kier alpha value is -6.64. The lowest BCUT2D eigenvalue weighted by Crippen LogP contribution is -1.97. The Balaban J connectivity index is 0.992. The Labute approximate surface area is 341 Å². The summed E-state index contributed by atoms with van der Waals surface area (Å²) in [6.07, 6.45) is 6.36. The maximum Gasteiger partial charge on any atom is 0.0541 e. The van der Waals surface area contributed by atoms with Gasteiger partial charge in [0.15, 0.2) is 0 Å². The Morgan fingerprint density at radius 3 is 1.57 bits per heavy atom. The molecule has 0 bridgehead atoms. The van der Waals surface area contributed by atoms with Crippen LogP contribution in [0.1, 0.15) is 45.1 Å². The molecule has 10 rings (SSSR count). The van der Waals surface area contributed by atoms with Gasteiger partial charge < -0.3 is 9.13 Å². The number of aryl methyl sites for hydroxylation is 1. The first-order chi connectivity index (χ1) is 28.6. The van der Waals surface area contributed by atoms with Crippen LogP contribution in [0.2, 0.25) is 0 Å². The van der Waals surface area contributed by atoms with Gasteiger partial charge in [-0.1, -0.05) is 167 Å². The highest BCUT2D eigenvalue weighted by atomic mass is 15.0. The molecule has 0 radical (unpaired) electrons. The average Bonchev–Trinajstić information content (AvgIpc) is 3.80. The number of fused-ring (bicyclic) bond motifs is 6. The van der Waals surface area contributed by atoms with Crippen LogP contribution in [-0.4, -0.2) is 9.13 Å². The van der Waals surface area contributed by atoms with Gasteiger partial charge in [0.05, 0.1) is 27.8 Å². The molecule has 282 valence electrons. The van der Waals surface area contributed by atoms with E-state index < -0.39 is 0 Å². The van der Waals surface area contributed by atoms with E-state index in [0.29, 0.717) is 0 Å². The van der Waals surface area contributed by atoms with Gasteiger partial charge in [-0.3, -0.25) is 0 Å². The number of rotatable bonds is 11. The summed E-state index contributed by atoms with van der Waals surface area (Å²) in [5.74, 6) is 0.835. The molecule has 2 nitrogen and oxygen atoms in total. The fourth-order valence-corrected chi connectivity index (χ4v) is 9.06. The topological polar surface area (TPSA) is 9.86 Å². The highest BCUT2D eigenvalue weighted by molar-refractivity contribution is 6.13. The molecule has 0 saturated carbocycles. The Kier molecular flexibility index (Phi) is 9.47. The van der Waals surface area contributed by atoms with E-state index in [9.17, 15) is 0 Å². The molecular weight excluding hydrogens is 701 g/mol. The second-order valence-electron chi connectivity index (χ2n) is 16.1. The zero-order chi connectivity index (χ0) is 39.0. The molecule has 0 fully saturated rings. The maximum atomic E-state index is 2.45. The predicted octanol–water partition coefficient (Wildman–Crippen LogP) is 15.6. The lowest BCUT2D eigenvalue weighted by atomic mass is 9.97. The van der Waals surface area contributed by atoms with E-state index in [1.54, 1.807) is 0 Å². The number of nitrogens with zero attached hydrogens (tertiary/aromatic N) is 2. The Morgan fingerprint density at radius 1 is 0.414 bits per heavy atom. The number of para-hydroxylation sites is 4. The monoisotopic (exact) mass is 748 g/mol. The van der Waals surface area contributed by atoms with E-state index >= 15 is 0 Å². The van der Waals surface area contributed by atoms with Crippen LogP contribution in [0.15, 0.2) is 188 Å². The van der Waals surface area contributed by atoms with Crippen LogP contribution < -0.4 is 0 Å². The summed E-state index contributed by atoms with van der Waals surface area (Å²) in [6, 6.07) is 69.4. The summed E-state index contributed by atoms with van der Waals surface area (Å²) in [7, 11) is 0. The standard InChI is InChI=1S/C56H48N2/c1-3-39(2)15-7-8-16-40-25-27-41(28-26-40)42-29-31-43(32-30-42)47-19-9-12-22-52(47)58-54-24-14-11-21-49(54)51-38-45(34-36-56(51)58)44-33-35-55-50(37-44)48-20-10-13-23-53(48)57(55)46-17-5-4-6-18-46/h4-6,9-14,17-39H,3,7-8,15-16H2,1-2H3. The first-order valence-electron chi connectivity index (χ1n) is 21.1. The van der Waals surface area contributed by atoms with Crippen molar-refractivity contribution in [2.45, 2.75) is 46.0 Å². The summed E-state index contributed by atoms with van der Waals surface area (Å²) in [5.41, 5.74) is 16.0. The summed E-state index contributed by atoms with van der Waals surface area (Å²) < 4.78 is 4.83. The molecule has 0 amide bonds. The first-order valence-corrected chi connectivity index (χ1v) is 21.1. The minimum Gasteiger partial charge on any atom is -0.309 e. The molecule has 1 unspecified atom stereocenters. The summed E-state index contributed by atoms with van der Waals surface area (Å²) in [4.78, 5) is 0. The molecule has 8 aromatic carbocycles. The van der Waals surface area contributed by atoms with Crippen molar-refractivity contribution < 1.29 is 0 Å². The van der Waals surface area contributed by atoms with Gasteiger partial charge in [-0.25, -0.2) is 0 Å². The van der Waals surface area contributed by atoms with Gasteiger partial charge in [0.1, 0.15) is 0 Å². The Morgan fingerprint density at radius 2 is 0.914 bits per heavy atom. The van der Waals surface area contributed by atoms with Crippen LogP contribution >= 0.6 is 0 Å². The van der Waals surface area contributed by atoms with Gasteiger partial charge in [0.25, 0.3) is 0 Å². The van der Waals surface area contributed by atoms with E-state index in [0.717, 1.165) is 12.3 Å². The van der Waals surface area contributed by atoms with E-state index in [1.807, 2.05) is 0 Å². The van der Waals surface area contributed by atoms with Crippen LogP contribution in [0.3, 0.4) is 0 Å². The molecule has 0 N–H and O–H groups in total. The molecule has 0 aliphatic rings. The molecule has 1 atom stereocenters. The van der Waals surface area contributed by atoms with Crippen molar-refractivity contribution in [1.82, 2.24) is 9.13 Å². The average molecular weight is 749 g/mol. The molecule has 2 heterocycles. The van der Waals surface area contributed by atoms with Crippen molar-refractivity contribution in [1.29, 1.82) is 0 Å². The second-order valence-corrected chi connectivity index (χ2v) is 16.1. The van der Waals surface area contributed by atoms with Crippen molar-refractivity contribution in [3.63, 3.8) is 0 Å². The fraction of sp³-hybridized carbons (Fsp3) is 0.143. The fourth-order valence-electron chi connectivity index (χ4n) is 9.06. The van der Waals surface area contributed by atoms with Gasteiger partial charge in [-0.15, -0.1) is 0 Å². The summed E-state index contributed by atoms with van der Waals surface area (Å²) in [6.45, 7) is 4.66. The maximum absolute atomic E-state index is 2.45. The van der Waals surface area contributed by atoms with Crippen LogP contribution in [0, 0.1) is 5.92 Å². The smallest absolute Gasteiger partial charge is 0.0541 e. The van der Waals surface area contributed by atoms with Crippen LogP contribution in [-0.2, 0) is 6.42 Å². The Bertz CT molecular complexity index is 3030. The van der Waals surface area contributed by atoms with Crippen molar-refractivity contribution in [2.75, 3.05) is 0 Å². The predicted molar refractivity (Wildman–Crippen MR) is 248 cm³/mol.